The van der Waals surface area contributed by atoms with Crippen molar-refractivity contribution in [3.63, 3.8) is 0 Å². The van der Waals surface area contributed by atoms with Crippen LogP contribution < -0.4 is 10.6 Å². The van der Waals surface area contributed by atoms with Gasteiger partial charge >= 0.3 is 0 Å². The number of piperidine rings is 1. The molecule has 2 saturated heterocycles. The van der Waals surface area contributed by atoms with Gasteiger partial charge < -0.3 is 20.3 Å². The summed E-state index contributed by atoms with van der Waals surface area (Å²) in [5, 5.41) is 0. The molecule has 2 heterocycles. The molecule has 126 valence electrons. The molecule has 0 unspecified atom stereocenters. The third kappa shape index (κ3) is 4.16. The first kappa shape index (κ1) is 16.1. The summed E-state index contributed by atoms with van der Waals surface area (Å²) in [6.07, 6.45) is 2.42. The zero-order valence-electron chi connectivity index (χ0n) is 14.1. The van der Waals surface area contributed by atoms with Crippen LogP contribution in [0.25, 0.3) is 0 Å². The van der Waals surface area contributed by atoms with Crippen LogP contribution in [-0.2, 0) is 11.3 Å². The van der Waals surface area contributed by atoms with Gasteiger partial charge in [0.05, 0.1) is 19.8 Å². The molecule has 0 aliphatic carbocycles. The zero-order valence-corrected chi connectivity index (χ0v) is 14.1. The van der Waals surface area contributed by atoms with E-state index in [1.165, 1.54) is 24.1 Å². The molecule has 0 saturated carbocycles. The van der Waals surface area contributed by atoms with Gasteiger partial charge in [0, 0.05) is 31.9 Å². The normalized spacial score (nSPS) is 20.8. The number of para-hydroxylation sites is 1. The van der Waals surface area contributed by atoms with E-state index >= 15 is 0 Å². The van der Waals surface area contributed by atoms with Crippen molar-refractivity contribution in [2.75, 3.05) is 44.3 Å². The number of benzene rings is 1. The molecule has 5 heteroatoms. The number of aliphatic imine (C=N–C) groups is 1. The van der Waals surface area contributed by atoms with Crippen LogP contribution in [0.1, 0.15) is 25.3 Å². The molecular weight excluding hydrogens is 288 g/mol. The van der Waals surface area contributed by atoms with E-state index in [0.717, 1.165) is 45.3 Å². The van der Waals surface area contributed by atoms with Gasteiger partial charge in [0.2, 0.25) is 0 Å². The van der Waals surface area contributed by atoms with Gasteiger partial charge in [-0.05, 0) is 30.4 Å². The number of hydrogen-bond donors (Lipinski definition) is 1. The molecule has 0 spiro atoms. The molecule has 2 aliphatic rings. The predicted molar refractivity (Wildman–Crippen MR) is 94.8 cm³/mol. The summed E-state index contributed by atoms with van der Waals surface area (Å²) in [7, 11) is 0. The van der Waals surface area contributed by atoms with Gasteiger partial charge in [-0.2, -0.15) is 0 Å². The molecule has 1 aromatic rings. The van der Waals surface area contributed by atoms with Crippen LogP contribution in [0.2, 0.25) is 0 Å². The summed E-state index contributed by atoms with van der Waals surface area (Å²) in [5.41, 5.74) is 8.71. The number of nitrogens with zero attached hydrogens (tertiary/aromatic N) is 3. The Hall–Kier alpha value is -1.75. The van der Waals surface area contributed by atoms with Crippen molar-refractivity contribution in [2.24, 2.45) is 16.6 Å². The van der Waals surface area contributed by atoms with Crippen LogP contribution in [0.15, 0.2) is 29.3 Å². The topological polar surface area (TPSA) is 54.1 Å². The molecule has 0 radical (unpaired) electrons. The number of morpholine rings is 1. The number of guanidine groups is 1. The van der Waals surface area contributed by atoms with Crippen molar-refractivity contribution in [3.8, 4) is 0 Å². The summed E-state index contributed by atoms with van der Waals surface area (Å²) in [5.74, 6) is 1.50. The maximum absolute atomic E-state index is 6.21. The summed E-state index contributed by atoms with van der Waals surface area (Å²) < 4.78 is 5.45. The van der Waals surface area contributed by atoms with Crippen molar-refractivity contribution < 1.29 is 4.74 Å². The minimum atomic E-state index is 0.644. The fraction of sp³-hybridized carbons (Fsp3) is 0.611. The van der Waals surface area contributed by atoms with Crippen molar-refractivity contribution in [2.45, 2.75) is 26.3 Å². The average molecular weight is 316 g/mol. The Morgan fingerprint density at radius 1 is 1.17 bits per heavy atom. The largest absolute Gasteiger partial charge is 0.378 e. The molecule has 0 atom stereocenters. The van der Waals surface area contributed by atoms with E-state index < -0.39 is 0 Å². The Morgan fingerprint density at radius 2 is 1.87 bits per heavy atom. The van der Waals surface area contributed by atoms with Crippen LogP contribution in [0.4, 0.5) is 5.69 Å². The molecule has 1 aromatic carbocycles. The highest BCUT2D eigenvalue weighted by Gasteiger charge is 2.18. The second kappa shape index (κ2) is 7.68. The Labute approximate surface area is 139 Å². The maximum atomic E-state index is 6.21. The maximum Gasteiger partial charge on any atom is 0.191 e. The second-order valence-electron chi connectivity index (χ2n) is 6.57. The lowest BCUT2D eigenvalue weighted by atomic mass is 10.00. The molecule has 2 fully saturated rings. The van der Waals surface area contributed by atoms with Gasteiger partial charge in [0.1, 0.15) is 0 Å². The Bertz CT molecular complexity index is 532. The smallest absolute Gasteiger partial charge is 0.191 e. The Balaban J connectivity index is 1.66. The van der Waals surface area contributed by atoms with E-state index in [0.29, 0.717) is 12.5 Å². The van der Waals surface area contributed by atoms with Crippen LogP contribution >= 0.6 is 0 Å². The fourth-order valence-electron chi connectivity index (χ4n) is 3.26. The first-order chi connectivity index (χ1) is 11.2. The first-order valence-electron chi connectivity index (χ1n) is 8.69. The summed E-state index contributed by atoms with van der Waals surface area (Å²) in [6, 6.07) is 8.50. The average Bonchev–Trinajstić information content (AvgIpc) is 2.61. The van der Waals surface area contributed by atoms with Crippen LogP contribution in [0, 0.1) is 5.92 Å². The molecular formula is C18H28N4O. The summed E-state index contributed by atoms with van der Waals surface area (Å²) >= 11 is 0. The lowest BCUT2D eigenvalue weighted by Gasteiger charge is -2.31. The van der Waals surface area contributed by atoms with Crippen LogP contribution in [0.5, 0.6) is 0 Å². The van der Waals surface area contributed by atoms with Crippen molar-refractivity contribution in [3.05, 3.63) is 29.8 Å². The van der Waals surface area contributed by atoms with Crippen molar-refractivity contribution in [1.82, 2.24) is 4.90 Å². The third-order valence-corrected chi connectivity index (χ3v) is 4.86. The molecule has 5 nitrogen and oxygen atoms in total. The quantitative estimate of drug-likeness (QED) is 0.685. The Kier molecular flexibility index (Phi) is 5.39. The lowest BCUT2D eigenvalue weighted by Crippen LogP contribution is -2.42. The molecule has 2 N–H and O–H groups in total. The molecule has 23 heavy (non-hydrogen) atoms. The number of nitrogens with two attached hydrogens (primary N) is 1. The SMILES string of the molecule is CC1CCN(C(N)=NCc2ccccc2N2CCOCC2)CC1. The monoisotopic (exact) mass is 316 g/mol. The molecule has 0 aromatic heterocycles. The van der Waals surface area contributed by atoms with Crippen molar-refractivity contribution in [1.29, 1.82) is 0 Å². The van der Waals surface area contributed by atoms with E-state index in [1.807, 2.05) is 0 Å². The number of hydrogen-bond acceptors (Lipinski definition) is 3. The van der Waals surface area contributed by atoms with E-state index in [2.05, 4.69) is 46.0 Å². The van der Waals surface area contributed by atoms with Gasteiger partial charge in [0.15, 0.2) is 5.96 Å². The van der Waals surface area contributed by atoms with E-state index in [9.17, 15) is 0 Å². The van der Waals surface area contributed by atoms with Gasteiger partial charge in [-0.3, -0.25) is 0 Å². The van der Waals surface area contributed by atoms with Crippen LogP contribution in [0.3, 0.4) is 0 Å². The minimum Gasteiger partial charge on any atom is -0.378 e. The molecule has 0 amide bonds. The highest BCUT2D eigenvalue weighted by atomic mass is 16.5. The highest BCUT2D eigenvalue weighted by molar-refractivity contribution is 5.78. The van der Waals surface area contributed by atoms with Gasteiger partial charge in [-0.15, -0.1) is 0 Å². The number of ether oxygens (including phenoxy) is 1. The van der Waals surface area contributed by atoms with Gasteiger partial charge in [-0.25, -0.2) is 4.99 Å². The highest BCUT2D eigenvalue weighted by Crippen LogP contribution is 2.22. The second-order valence-corrected chi connectivity index (χ2v) is 6.57. The van der Waals surface area contributed by atoms with Crippen LogP contribution in [-0.4, -0.2) is 50.3 Å². The number of likely N-dealkylation sites (tertiary alicyclic amines) is 1. The lowest BCUT2D eigenvalue weighted by molar-refractivity contribution is 0.122. The molecule has 0 bridgehead atoms. The number of rotatable bonds is 3. The van der Waals surface area contributed by atoms with E-state index in [4.69, 9.17) is 10.5 Å². The standard InChI is InChI=1S/C18H28N4O/c1-15-6-8-22(9-7-15)18(19)20-14-16-4-2-3-5-17(16)21-10-12-23-13-11-21/h2-5,15H,6-14H2,1H3,(H2,19,20). The van der Waals surface area contributed by atoms with E-state index in [1.54, 1.807) is 0 Å². The van der Waals surface area contributed by atoms with E-state index in [-0.39, 0.29) is 0 Å². The number of anilines is 1. The molecule has 2 aliphatic heterocycles. The van der Waals surface area contributed by atoms with Gasteiger partial charge in [-0.1, -0.05) is 25.1 Å². The van der Waals surface area contributed by atoms with Gasteiger partial charge in [0.25, 0.3) is 0 Å². The Morgan fingerprint density at radius 3 is 2.61 bits per heavy atom. The predicted octanol–water partition coefficient (Wildman–Crippen LogP) is 2.07. The zero-order chi connectivity index (χ0) is 16.1. The molecule has 3 rings (SSSR count). The minimum absolute atomic E-state index is 0.644. The first-order valence-corrected chi connectivity index (χ1v) is 8.69. The summed E-state index contributed by atoms with van der Waals surface area (Å²) in [6.45, 7) is 8.50. The summed E-state index contributed by atoms with van der Waals surface area (Å²) in [4.78, 5) is 9.26. The third-order valence-electron chi connectivity index (χ3n) is 4.86. The fourth-order valence-corrected chi connectivity index (χ4v) is 3.26. The van der Waals surface area contributed by atoms with Crippen molar-refractivity contribution >= 4 is 11.6 Å².